The fourth-order valence-electron chi connectivity index (χ4n) is 1.30. The highest BCUT2D eigenvalue weighted by molar-refractivity contribution is 6.31. The Morgan fingerprint density at radius 1 is 1.35 bits per heavy atom. The van der Waals surface area contributed by atoms with Gasteiger partial charge in [0, 0.05) is 16.7 Å². The highest BCUT2D eigenvalue weighted by atomic mass is 35.5. The van der Waals surface area contributed by atoms with E-state index < -0.39 is 5.97 Å². The molecular formula is C13H13ClO3. The van der Waals surface area contributed by atoms with Crippen LogP contribution in [-0.4, -0.2) is 18.9 Å². The second-order valence-corrected chi connectivity index (χ2v) is 3.79. The number of ketones is 1. The van der Waals surface area contributed by atoms with Gasteiger partial charge in [0.05, 0.1) is 7.11 Å². The molecule has 0 aliphatic heterocycles. The monoisotopic (exact) mass is 252 g/mol. The zero-order valence-electron chi connectivity index (χ0n) is 9.70. The Morgan fingerprint density at radius 2 is 2.06 bits per heavy atom. The highest BCUT2D eigenvalue weighted by Gasteiger charge is 2.06. The van der Waals surface area contributed by atoms with Crippen LogP contribution in [-0.2, 0) is 16.0 Å². The molecule has 0 atom stereocenters. The quantitative estimate of drug-likeness (QED) is 0.470. The minimum atomic E-state index is -0.561. The number of hydrogen-bond donors (Lipinski definition) is 0. The molecule has 90 valence electrons. The highest BCUT2D eigenvalue weighted by Crippen LogP contribution is 2.18. The van der Waals surface area contributed by atoms with Gasteiger partial charge in [-0.25, -0.2) is 4.79 Å². The van der Waals surface area contributed by atoms with Crippen LogP contribution >= 0.6 is 11.6 Å². The van der Waals surface area contributed by atoms with E-state index in [2.05, 4.69) is 4.74 Å². The number of halogens is 1. The van der Waals surface area contributed by atoms with Crippen LogP contribution in [0.1, 0.15) is 22.8 Å². The first-order valence-electron chi connectivity index (χ1n) is 5.17. The molecule has 0 amide bonds. The molecule has 1 aromatic rings. The Labute approximate surface area is 105 Å². The minimum absolute atomic E-state index is 0.278. The second-order valence-electron chi connectivity index (χ2n) is 3.38. The lowest BCUT2D eigenvalue weighted by Gasteiger charge is -2.02. The molecule has 0 saturated carbocycles. The van der Waals surface area contributed by atoms with Gasteiger partial charge in [0.15, 0.2) is 5.78 Å². The van der Waals surface area contributed by atoms with Crippen molar-refractivity contribution in [1.29, 1.82) is 0 Å². The van der Waals surface area contributed by atoms with Gasteiger partial charge in [0.2, 0.25) is 0 Å². The van der Waals surface area contributed by atoms with Gasteiger partial charge in [0.25, 0.3) is 0 Å². The normalized spacial score (nSPS) is 10.5. The summed E-state index contributed by atoms with van der Waals surface area (Å²) in [7, 11) is 1.25. The molecule has 0 spiro atoms. The first-order valence-corrected chi connectivity index (χ1v) is 5.55. The van der Waals surface area contributed by atoms with Crippen molar-refractivity contribution in [2.45, 2.75) is 13.3 Å². The van der Waals surface area contributed by atoms with Gasteiger partial charge in [0.1, 0.15) is 0 Å². The molecule has 0 heterocycles. The molecule has 4 heteroatoms. The maximum absolute atomic E-state index is 11.7. The summed E-state index contributed by atoms with van der Waals surface area (Å²) in [6.07, 6.45) is 3.07. The standard InChI is InChI=1S/C13H13ClO3/c1-3-9-4-5-10(8-11(9)14)12(15)6-7-13(16)17-2/h4-8H,3H2,1-2H3/b7-6+. The molecule has 0 saturated heterocycles. The molecule has 0 radical (unpaired) electrons. The largest absolute Gasteiger partial charge is 0.466 e. The maximum atomic E-state index is 11.7. The number of esters is 1. The van der Waals surface area contributed by atoms with Gasteiger partial charge in [-0.05, 0) is 24.1 Å². The van der Waals surface area contributed by atoms with E-state index in [9.17, 15) is 9.59 Å². The number of hydrogen-bond acceptors (Lipinski definition) is 3. The van der Waals surface area contributed by atoms with Crippen molar-refractivity contribution in [3.8, 4) is 0 Å². The van der Waals surface area contributed by atoms with Crippen molar-refractivity contribution in [2.24, 2.45) is 0 Å². The van der Waals surface area contributed by atoms with E-state index in [1.807, 2.05) is 13.0 Å². The average molecular weight is 253 g/mol. The SMILES string of the molecule is CCc1ccc(C(=O)/C=C/C(=O)OC)cc1Cl. The molecule has 3 nitrogen and oxygen atoms in total. The summed E-state index contributed by atoms with van der Waals surface area (Å²) in [4.78, 5) is 22.5. The summed E-state index contributed by atoms with van der Waals surface area (Å²) in [5.74, 6) is -0.838. The first-order chi connectivity index (χ1) is 8.08. The van der Waals surface area contributed by atoms with Crippen LogP contribution in [0.25, 0.3) is 0 Å². The van der Waals surface area contributed by atoms with Crippen molar-refractivity contribution in [1.82, 2.24) is 0 Å². The van der Waals surface area contributed by atoms with E-state index in [1.165, 1.54) is 13.2 Å². The topological polar surface area (TPSA) is 43.4 Å². The predicted molar refractivity (Wildman–Crippen MR) is 66.3 cm³/mol. The van der Waals surface area contributed by atoms with E-state index in [0.717, 1.165) is 18.1 Å². The molecular weight excluding hydrogens is 240 g/mol. The number of methoxy groups -OCH3 is 1. The van der Waals surface area contributed by atoms with E-state index in [0.29, 0.717) is 10.6 Å². The molecule has 0 aliphatic rings. The van der Waals surface area contributed by atoms with E-state index in [-0.39, 0.29) is 5.78 Å². The molecule has 0 unspecified atom stereocenters. The third-order valence-corrected chi connectivity index (χ3v) is 2.64. The van der Waals surface area contributed by atoms with Crippen LogP contribution in [0.5, 0.6) is 0 Å². The van der Waals surface area contributed by atoms with E-state index in [4.69, 9.17) is 11.6 Å². The van der Waals surface area contributed by atoms with Crippen LogP contribution in [0.15, 0.2) is 30.4 Å². The van der Waals surface area contributed by atoms with Crippen LogP contribution in [0.3, 0.4) is 0 Å². The number of carbonyl (C=O) groups is 2. The molecule has 17 heavy (non-hydrogen) atoms. The molecule has 1 aromatic carbocycles. The summed E-state index contributed by atoms with van der Waals surface area (Å²) in [5, 5.41) is 0.560. The summed E-state index contributed by atoms with van der Waals surface area (Å²) >= 11 is 6.00. The number of allylic oxidation sites excluding steroid dienone is 1. The minimum Gasteiger partial charge on any atom is -0.466 e. The van der Waals surface area contributed by atoms with Crippen molar-refractivity contribution < 1.29 is 14.3 Å². The van der Waals surface area contributed by atoms with Crippen LogP contribution in [0, 0.1) is 0 Å². The number of rotatable bonds is 4. The maximum Gasteiger partial charge on any atom is 0.330 e. The Morgan fingerprint density at radius 3 is 2.59 bits per heavy atom. The molecule has 0 aliphatic carbocycles. The van der Waals surface area contributed by atoms with Gasteiger partial charge < -0.3 is 4.74 Å². The van der Waals surface area contributed by atoms with E-state index in [1.54, 1.807) is 12.1 Å². The lowest BCUT2D eigenvalue weighted by Crippen LogP contribution is -1.99. The van der Waals surface area contributed by atoms with Gasteiger partial charge in [-0.2, -0.15) is 0 Å². The van der Waals surface area contributed by atoms with Gasteiger partial charge in [-0.3, -0.25) is 4.79 Å². The van der Waals surface area contributed by atoms with Crippen LogP contribution < -0.4 is 0 Å². The fourth-order valence-corrected chi connectivity index (χ4v) is 1.61. The molecule has 1 rings (SSSR count). The Bertz CT molecular complexity index is 464. The Kier molecular flexibility index (Phi) is 4.91. The number of ether oxygens (including phenoxy) is 1. The third kappa shape index (κ3) is 3.71. The molecule has 0 fully saturated rings. The van der Waals surface area contributed by atoms with Gasteiger partial charge >= 0.3 is 5.97 Å². The lowest BCUT2D eigenvalue weighted by molar-refractivity contribution is -0.134. The Hall–Kier alpha value is -1.61. The number of aryl methyl sites for hydroxylation is 1. The zero-order chi connectivity index (χ0) is 12.8. The third-order valence-electron chi connectivity index (χ3n) is 2.29. The van der Waals surface area contributed by atoms with Crippen molar-refractivity contribution in [3.05, 3.63) is 46.5 Å². The lowest BCUT2D eigenvalue weighted by atomic mass is 10.1. The predicted octanol–water partition coefficient (Wildman–Crippen LogP) is 2.81. The Balaban J connectivity index is 2.87. The second kappa shape index (κ2) is 6.21. The zero-order valence-corrected chi connectivity index (χ0v) is 10.5. The van der Waals surface area contributed by atoms with Gasteiger partial charge in [-0.1, -0.05) is 30.7 Å². The van der Waals surface area contributed by atoms with Crippen LogP contribution in [0.4, 0.5) is 0 Å². The fraction of sp³-hybridized carbons (Fsp3) is 0.231. The van der Waals surface area contributed by atoms with Crippen LogP contribution in [0.2, 0.25) is 5.02 Å². The van der Waals surface area contributed by atoms with Crippen molar-refractivity contribution in [3.63, 3.8) is 0 Å². The summed E-state index contributed by atoms with van der Waals surface area (Å²) in [6, 6.07) is 5.10. The molecule has 0 aromatic heterocycles. The summed E-state index contributed by atoms with van der Waals surface area (Å²) < 4.78 is 4.39. The van der Waals surface area contributed by atoms with Crippen molar-refractivity contribution >= 4 is 23.4 Å². The number of carbonyl (C=O) groups excluding carboxylic acids is 2. The molecule has 0 N–H and O–H groups in total. The van der Waals surface area contributed by atoms with Gasteiger partial charge in [-0.15, -0.1) is 0 Å². The average Bonchev–Trinajstić information content (AvgIpc) is 2.35. The van der Waals surface area contributed by atoms with Crippen molar-refractivity contribution in [2.75, 3.05) is 7.11 Å². The first kappa shape index (κ1) is 13.5. The molecule has 0 bridgehead atoms. The smallest absolute Gasteiger partial charge is 0.330 e. The van der Waals surface area contributed by atoms with E-state index >= 15 is 0 Å². The number of benzene rings is 1. The summed E-state index contributed by atoms with van der Waals surface area (Å²) in [6.45, 7) is 1.99. The summed E-state index contributed by atoms with van der Waals surface area (Å²) in [5.41, 5.74) is 1.44.